The molecule has 1 aromatic heterocycles. The van der Waals surface area contributed by atoms with Gasteiger partial charge in [0, 0.05) is 12.2 Å². The molecule has 1 rings (SSSR count). The standard InChI is InChI=1S/C12H19N5S/c1-8(2)16-12(17-11(13)18)15-7-10-9(3)5-4-6-14-10/h4-6,8H,7H2,1-3H3,(H4,13,15,16,17,18). The first-order valence-electron chi connectivity index (χ1n) is 5.77. The molecule has 0 bridgehead atoms. The topological polar surface area (TPSA) is 75.3 Å². The van der Waals surface area contributed by atoms with Gasteiger partial charge in [0.15, 0.2) is 11.1 Å². The first kappa shape index (κ1) is 14.4. The molecule has 6 heteroatoms. The van der Waals surface area contributed by atoms with Crippen molar-refractivity contribution in [1.29, 1.82) is 0 Å². The number of hydrogen-bond acceptors (Lipinski definition) is 3. The smallest absolute Gasteiger partial charge is 0.198 e. The Hall–Kier alpha value is -1.69. The third-order valence-electron chi connectivity index (χ3n) is 2.17. The van der Waals surface area contributed by atoms with E-state index in [1.165, 1.54) is 0 Å². The lowest BCUT2D eigenvalue weighted by molar-refractivity contribution is 0.716. The number of hydrogen-bond donors (Lipinski definition) is 3. The molecular weight excluding hydrogens is 246 g/mol. The minimum Gasteiger partial charge on any atom is -0.376 e. The van der Waals surface area contributed by atoms with E-state index in [1.807, 2.05) is 32.9 Å². The molecule has 0 amide bonds. The predicted octanol–water partition coefficient (Wildman–Crippen LogP) is 1.08. The van der Waals surface area contributed by atoms with Crippen molar-refractivity contribution in [3.63, 3.8) is 0 Å². The largest absolute Gasteiger partial charge is 0.376 e. The Labute approximate surface area is 113 Å². The molecule has 5 nitrogen and oxygen atoms in total. The van der Waals surface area contributed by atoms with Gasteiger partial charge in [-0.25, -0.2) is 4.99 Å². The summed E-state index contributed by atoms with van der Waals surface area (Å²) >= 11 is 4.81. The van der Waals surface area contributed by atoms with Crippen LogP contribution in [0.1, 0.15) is 25.1 Å². The number of nitrogens with two attached hydrogens (primary N) is 1. The number of aryl methyl sites for hydroxylation is 1. The number of thiocarbonyl (C=S) groups is 1. The van der Waals surface area contributed by atoms with Gasteiger partial charge in [0.05, 0.1) is 12.2 Å². The quantitative estimate of drug-likeness (QED) is 0.433. The Morgan fingerprint density at radius 1 is 1.56 bits per heavy atom. The third-order valence-corrected chi connectivity index (χ3v) is 2.27. The second-order valence-corrected chi connectivity index (χ2v) is 4.66. The minimum atomic E-state index is 0.194. The Kier molecular flexibility index (Phi) is 5.51. The van der Waals surface area contributed by atoms with Gasteiger partial charge in [-0.15, -0.1) is 0 Å². The summed E-state index contributed by atoms with van der Waals surface area (Å²) in [7, 11) is 0. The van der Waals surface area contributed by atoms with E-state index >= 15 is 0 Å². The minimum absolute atomic E-state index is 0.194. The van der Waals surface area contributed by atoms with Crippen molar-refractivity contribution in [2.75, 3.05) is 0 Å². The van der Waals surface area contributed by atoms with Gasteiger partial charge in [0.25, 0.3) is 0 Å². The molecule has 0 radical (unpaired) electrons. The lowest BCUT2D eigenvalue weighted by Crippen LogP contribution is -2.46. The van der Waals surface area contributed by atoms with Crippen molar-refractivity contribution in [3.05, 3.63) is 29.6 Å². The van der Waals surface area contributed by atoms with Crippen LogP contribution in [0.2, 0.25) is 0 Å². The molecule has 1 heterocycles. The Bertz CT molecular complexity index is 442. The summed E-state index contributed by atoms with van der Waals surface area (Å²) in [6, 6.07) is 4.16. The molecular formula is C12H19N5S. The number of guanidine groups is 1. The fraction of sp³-hybridized carbons (Fsp3) is 0.417. The molecule has 0 unspecified atom stereocenters. The highest BCUT2D eigenvalue weighted by atomic mass is 32.1. The predicted molar refractivity (Wildman–Crippen MR) is 78.3 cm³/mol. The maximum atomic E-state index is 5.45. The maximum Gasteiger partial charge on any atom is 0.198 e. The molecule has 0 aliphatic heterocycles. The molecule has 0 aromatic carbocycles. The van der Waals surface area contributed by atoms with Crippen molar-refractivity contribution in [3.8, 4) is 0 Å². The van der Waals surface area contributed by atoms with Crippen LogP contribution >= 0.6 is 12.2 Å². The van der Waals surface area contributed by atoms with Crippen molar-refractivity contribution in [2.45, 2.75) is 33.4 Å². The fourth-order valence-electron chi connectivity index (χ4n) is 1.35. The summed E-state index contributed by atoms with van der Waals surface area (Å²) in [5.41, 5.74) is 7.50. The zero-order valence-corrected chi connectivity index (χ0v) is 11.7. The van der Waals surface area contributed by atoms with E-state index < -0.39 is 0 Å². The molecule has 0 atom stereocenters. The normalized spacial score (nSPS) is 11.4. The monoisotopic (exact) mass is 265 g/mol. The zero-order chi connectivity index (χ0) is 13.5. The highest BCUT2D eigenvalue weighted by Gasteiger charge is 2.03. The Morgan fingerprint density at radius 3 is 2.83 bits per heavy atom. The Morgan fingerprint density at radius 2 is 2.28 bits per heavy atom. The summed E-state index contributed by atoms with van der Waals surface area (Å²) in [6.07, 6.45) is 1.76. The average Bonchev–Trinajstić information content (AvgIpc) is 2.26. The van der Waals surface area contributed by atoms with Crippen LogP contribution in [-0.2, 0) is 6.54 Å². The van der Waals surface area contributed by atoms with E-state index in [0.29, 0.717) is 12.5 Å². The molecule has 0 saturated carbocycles. The molecule has 0 aliphatic carbocycles. The van der Waals surface area contributed by atoms with Gasteiger partial charge < -0.3 is 16.4 Å². The van der Waals surface area contributed by atoms with Crippen LogP contribution in [0.3, 0.4) is 0 Å². The fourth-order valence-corrected chi connectivity index (χ4v) is 1.45. The van der Waals surface area contributed by atoms with Crippen LogP contribution in [0.15, 0.2) is 23.3 Å². The first-order valence-corrected chi connectivity index (χ1v) is 6.17. The van der Waals surface area contributed by atoms with Gasteiger partial charge in [0.1, 0.15) is 0 Å². The van der Waals surface area contributed by atoms with Crippen LogP contribution in [0.25, 0.3) is 0 Å². The number of nitrogens with zero attached hydrogens (tertiary/aromatic N) is 2. The van der Waals surface area contributed by atoms with Gasteiger partial charge >= 0.3 is 0 Å². The second kappa shape index (κ2) is 6.90. The molecule has 0 fully saturated rings. The number of rotatable bonds is 3. The van der Waals surface area contributed by atoms with E-state index in [4.69, 9.17) is 18.0 Å². The van der Waals surface area contributed by atoms with Gasteiger partial charge in [-0.3, -0.25) is 4.98 Å². The van der Waals surface area contributed by atoms with Crippen molar-refractivity contribution >= 4 is 23.3 Å². The van der Waals surface area contributed by atoms with Crippen LogP contribution in [-0.4, -0.2) is 22.1 Å². The third kappa shape index (κ3) is 5.09. The van der Waals surface area contributed by atoms with Gasteiger partial charge in [-0.2, -0.15) is 0 Å². The second-order valence-electron chi connectivity index (χ2n) is 4.22. The van der Waals surface area contributed by atoms with Crippen LogP contribution in [0.4, 0.5) is 0 Å². The Balaban J connectivity index is 2.76. The van der Waals surface area contributed by atoms with Crippen LogP contribution < -0.4 is 16.4 Å². The van der Waals surface area contributed by atoms with Crippen molar-refractivity contribution < 1.29 is 0 Å². The van der Waals surface area contributed by atoms with Gasteiger partial charge in [0.2, 0.25) is 0 Å². The summed E-state index contributed by atoms with van der Waals surface area (Å²) in [5.74, 6) is 0.572. The highest BCUT2D eigenvalue weighted by Crippen LogP contribution is 2.04. The van der Waals surface area contributed by atoms with E-state index in [1.54, 1.807) is 6.20 Å². The van der Waals surface area contributed by atoms with Crippen molar-refractivity contribution in [2.24, 2.45) is 10.7 Å². The van der Waals surface area contributed by atoms with E-state index in [2.05, 4.69) is 20.6 Å². The number of aromatic nitrogens is 1. The highest BCUT2D eigenvalue weighted by molar-refractivity contribution is 7.80. The van der Waals surface area contributed by atoms with Gasteiger partial charge in [-0.1, -0.05) is 6.07 Å². The lowest BCUT2D eigenvalue weighted by atomic mass is 10.2. The molecule has 98 valence electrons. The number of nitrogens with one attached hydrogen (secondary N) is 2. The first-order chi connectivity index (χ1) is 8.49. The maximum absolute atomic E-state index is 5.45. The molecule has 4 N–H and O–H groups in total. The van der Waals surface area contributed by atoms with Crippen LogP contribution in [0.5, 0.6) is 0 Å². The molecule has 18 heavy (non-hydrogen) atoms. The van der Waals surface area contributed by atoms with Crippen molar-refractivity contribution in [1.82, 2.24) is 15.6 Å². The summed E-state index contributed by atoms with van der Waals surface area (Å²) in [6.45, 7) is 6.53. The number of aliphatic imine (C=N–C) groups is 1. The summed E-state index contributed by atoms with van der Waals surface area (Å²) in [5, 5.41) is 6.16. The van der Waals surface area contributed by atoms with E-state index in [9.17, 15) is 0 Å². The number of pyridine rings is 1. The molecule has 0 spiro atoms. The zero-order valence-electron chi connectivity index (χ0n) is 10.9. The SMILES string of the molecule is Cc1cccnc1CN=C(NC(N)=S)NC(C)C. The van der Waals surface area contributed by atoms with E-state index in [0.717, 1.165) is 11.3 Å². The lowest BCUT2D eigenvalue weighted by Gasteiger charge is -2.14. The van der Waals surface area contributed by atoms with Gasteiger partial charge in [-0.05, 0) is 44.6 Å². The molecule has 0 saturated heterocycles. The summed E-state index contributed by atoms with van der Waals surface area (Å²) < 4.78 is 0. The average molecular weight is 265 g/mol. The van der Waals surface area contributed by atoms with Crippen LogP contribution in [0, 0.1) is 6.92 Å². The molecule has 0 aliphatic rings. The molecule has 1 aromatic rings. The van der Waals surface area contributed by atoms with E-state index in [-0.39, 0.29) is 11.2 Å². The summed E-state index contributed by atoms with van der Waals surface area (Å²) in [4.78, 5) is 8.68.